The van der Waals surface area contributed by atoms with Gasteiger partial charge in [0.05, 0.1) is 0 Å². The maximum atomic E-state index is 5.47. The zero-order valence-electron chi connectivity index (χ0n) is 5.54. The summed E-state index contributed by atoms with van der Waals surface area (Å²) in [5.74, 6) is 0. The third kappa shape index (κ3) is 1.33. The maximum absolute atomic E-state index is 5.47. The largest absolute Gasteiger partial charge is 0.399 e. The highest BCUT2D eigenvalue weighted by Gasteiger charge is 1.95. The quantitative estimate of drug-likeness (QED) is 0.589. The van der Waals surface area contributed by atoms with Gasteiger partial charge in [0.15, 0.2) is 0 Å². The number of thiol groups is 1. The van der Waals surface area contributed by atoms with Crippen LogP contribution in [0.15, 0.2) is 35.7 Å². The highest BCUT2D eigenvalue weighted by atomic mass is 32.1. The van der Waals surface area contributed by atoms with Gasteiger partial charge in [-0.15, -0.1) is 12.6 Å². The third-order valence-electron chi connectivity index (χ3n) is 1.25. The second kappa shape index (κ2) is 2.80. The van der Waals surface area contributed by atoms with Crippen molar-refractivity contribution in [2.24, 2.45) is 5.73 Å². The molecule has 1 aromatic rings. The third-order valence-corrected chi connectivity index (χ3v) is 1.64. The molecule has 0 spiro atoms. The van der Waals surface area contributed by atoms with Gasteiger partial charge in [0.2, 0.25) is 0 Å². The van der Waals surface area contributed by atoms with Crippen molar-refractivity contribution in [1.29, 1.82) is 0 Å². The first kappa shape index (κ1) is 7.22. The van der Waals surface area contributed by atoms with Crippen LogP contribution < -0.4 is 5.73 Å². The lowest BCUT2D eigenvalue weighted by Crippen LogP contribution is -1.94. The summed E-state index contributed by atoms with van der Waals surface area (Å²) >= 11 is 4.20. The van der Waals surface area contributed by atoms with E-state index in [4.69, 9.17) is 5.73 Å². The SMILES string of the molecule is C=C(N)c1ccccc1S. The minimum atomic E-state index is 0.561. The standard InChI is InChI=1S/C8H9NS/c1-6(9)7-4-2-3-5-8(7)10/h2-5,10H,1,9H2. The Balaban J connectivity index is 3.15. The molecular weight excluding hydrogens is 142 g/mol. The van der Waals surface area contributed by atoms with E-state index in [0.29, 0.717) is 5.70 Å². The predicted molar refractivity (Wildman–Crippen MR) is 46.9 cm³/mol. The fourth-order valence-electron chi connectivity index (χ4n) is 0.745. The monoisotopic (exact) mass is 151 g/mol. The van der Waals surface area contributed by atoms with Crippen LogP contribution in [0.3, 0.4) is 0 Å². The van der Waals surface area contributed by atoms with Gasteiger partial charge in [-0.3, -0.25) is 0 Å². The topological polar surface area (TPSA) is 26.0 Å². The van der Waals surface area contributed by atoms with Crippen LogP contribution in [0.4, 0.5) is 0 Å². The normalized spacial score (nSPS) is 9.30. The second-order valence-corrected chi connectivity index (χ2v) is 2.52. The van der Waals surface area contributed by atoms with Crippen molar-refractivity contribution in [2.75, 3.05) is 0 Å². The molecule has 0 saturated heterocycles. The Morgan fingerprint density at radius 3 is 2.40 bits per heavy atom. The summed E-state index contributed by atoms with van der Waals surface area (Å²) in [6.07, 6.45) is 0. The van der Waals surface area contributed by atoms with Crippen LogP contribution in [0.25, 0.3) is 5.70 Å². The van der Waals surface area contributed by atoms with Crippen molar-refractivity contribution in [3.63, 3.8) is 0 Å². The van der Waals surface area contributed by atoms with E-state index in [2.05, 4.69) is 19.2 Å². The molecule has 0 unspecified atom stereocenters. The van der Waals surface area contributed by atoms with Crippen LogP contribution in [-0.4, -0.2) is 0 Å². The first-order valence-electron chi connectivity index (χ1n) is 2.94. The van der Waals surface area contributed by atoms with Gasteiger partial charge in [-0.25, -0.2) is 0 Å². The number of hydrogen-bond donors (Lipinski definition) is 2. The average molecular weight is 151 g/mol. The number of benzene rings is 1. The molecule has 0 aliphatic rings. The Bertz CT molecular complexity index is 255. The number of hydrogen-bond acceptors (Lipinski definition) is 2. The highest BCUT2D eigenvalue weighted by Crippen LogP contribution is 2.16. The Hall–Kier alpha value is -0.890. The molecule has 0 fully saturated rings. The molecule has 0 saturated carbocycles. The van der Waals surface area contributed by atoms with Gasteiger partial charge in [0.25, 0.3) is 0 Å². The van der Waals surface area contributed by atoms with Gasteiger partial charge < -0.3 is 5.73 Å². The summed E-state index contributed by atoms with van der Waals surface area (Å²) in [7, 11) is 0. The molecule has 1 nitrogen and oxygen atoms in total. The summed E-state index contributed by atoms with van der Waals surface area (Å²) in [5, 5.41) is 0. The molecule has 0 aromatic heterocycles. The van der Waals surface area contributed by atoms with Crippen LogP contribution in [-0.2, 0) is 0 Å². The molecule has 0 amide bonds. The van der Waals surface area contributed by atoms with Crippen molar-refractivity contribution < 1.29 is 0 Å². The highest BCUT2D eigenvalue weighted by molar-refractivity contribution is 7.80. The molecule has 2 heteroatoms. The van der Waals surface area contributed by atoms with Crippen LogP contribution >= 0.6 is 12.6 Å². The van der Waals surface area contributed by atoms with Gasteiger partial charge in [0, 0.05) is 16.2 Å². The number of nitrogens with two attached hydrogens (primary N) is 1. The zero-order chi connectivity index (χ0) is 7.56. The molecular formula is C8H9NS. The van der Waals surface area contributed by atoms with Crippen molar-refractivity contribution in [3.05, 3.63) is 36.4 Å². The summed E-state index contributed by atoms with van der Waals surface area (Å²) in [6.45, 7) is 3.62. The molecule has 1 aromatic carbocycles. The van der Waals surface area contributed by atoms with Gasteiger partial charge in [-0.2, -0.15) is 0 Å². The first-order chi connectivity index (χ1) is 4.72. The molecule has 1 rings (SSSR count). The lowest BCUT2D eigenvalue weighted by atomic mass is 10.2. The molecule has 52 valence electrons. The van der Waals surface area contributed by atoms with Gasteiger partial charge in [-0.1, -0.05) is 24.8 Å². The zero-order valence-corrected chi connectivity index (χ0v) is 6.44. The second-order valence-electron chi connectivity index (χ2n) is 2.04. The van der Waals surface area contributed by atoms with E-state index in [1.54, 1.807) is 0 Å². The lowest BCUT2D eigenvalue weighted by Gasteiger charge is -2.01. The minimum Gasteiger partial charge on any atom is -0.399 e. The molecule has 0 aliphatic heterocycles. The summed E-state index contributed by atoms with van der Waals surface area (Å²) in [6, 6.07) is 7.60. The maximum Gasteiger partial charge on any atom is 0.0325 e. The Morgan fingerprint density at radius 2 is 2.00 bits per heavy atom. The van der Waals surface area contributed by atoms with E-state index >= 15 is 0 Å². The molecule has 2 N–H and O–H groups in total. The van der Waals surface area contributed by atoms with Crippen LogP contribution in [0.5, 0.6) is 0 Å². The van der Waals surface area contributed by atoms with Crippen LogP contribution in [0.1, 0.15) is 5.56 Å². The Morgan fingerprint density at radius 1 is 1.40 bits per heavy atom. The van der Waals surface area contributed by atoms with Crippen molar-refractivity contribution in [2.45, 2.75) is 4.90 Å². The molecule has 0 aliphatic carbocycles. The van der Waals surface area contributed by atoms with E-state index < -0.39 is 0 Å². The van der Waals surface area contributed by atoms with E-state index in [1.807, 2.05) is 24.3 Å². The van der Waals surface area contributed by atoms with Gasteiger partial charge in [0.1, 0.15) is 0 Å². The smallest absolute Gasteiger partial charge is 0.0325 e. The molecule has 0 atom stereocenters. The van der Waals surface area contributed by atoms with Crippen molar-refractivity contribution in [3.8, 4) is 0 Å². The van der Waals surface area contributed by atoms with E-state index in [0.717, 1.165) is 10.5 Å². The summed E-state index contributed by atoms with van der Waals surface area (Å²) in [4.78, 5) is 0.870. The lowest BCUT2D eigenvalue weighted by molar-refractivity contribution is 1.38. The minimum absolute atomic E-state index is 0.561. The summed E-state index contributed by atoms with van der Waals surface area (Å²) < 4.78 is 0. The summed E-state index contributed by atoms with van der Waals surface area (Å²) in [5.41, 5.74) is 6.94. The Kier molecular flexibility index (Phi) is 2.02. The average Bonchev–Trinajstić information content (AvgIpc) is 1.88. The fraction of sp³-hybridized carbons (Fsp3) is 0. The predicted octanol–water partition coefficient (Wildman–Crippen LogP) is 1.90. The molecule has 10 heavy (non-hydrogen) atoms. The van der Waals surface area contributed by atoms with E-state index in [1.165, 1.54) is 0 Å². The van der Waals surface area contributed by atoms with Crippen LogP contribution in [0.2, 0.25) is 0 Å². The number of rotatable bonds is 1. The van der Waals surface area contributed by atoms with Gasteiger partial charge >= 0.3 is 0 Å². The fourth-order valence-corrected chi connectivity index (χ4v) is 1.05. The van der Waals surface area contributed by atoms with Crippen molar-refractivity contribution in [1.82, 2.24) is 0 Å². The van der Waals surface area contributed by atoms with Gasteiger partial charge in [-0.05, 0) is 6.07 Å². The molecule has 0 heterocycles. The molecule has 0 bridgehead atoms. The first-order valence-corrected chi connectivity index (χ1v) is 3.39. The Labute approximate surface area is 66.0 Å². The molecule has 0 radical (unpaired) electrons. The van der Waals surface area contributed by atoms with E-state index in [9.17, 15) is 0 Å². The van der Waals surface area contributed by atoms with E-state index in [-0.39, 0.29) is 0 Å². The van der Waals surface area contributed by atoms with Crippen molar-refractivity contribution >= 4 is 18.3 Å². The van der Waals surface area contributed by atoms with Crippen LogP contribution in [0, 0.1) is 0 Å².